The third-order valence-electron chi connectivity index (χ3n) is 3.99. The fourth-order valence-corrected chi connectivity index (χ4v) is 2.82. The summed E-state index contributed by atoms with van der Waals surface area (Å²) >= 11 is 0. The van der Waals surface area contributed by atoms with Crippen LogP contribution in [0, 0.1) is 0 Å². The lowest BCUT2D eigenvalue weighted by Crippen LogP contribution is -2.41. The van der Waals surface area contributed by atoms with Gasteiger partial charge in [0.05, 0.1) is 0 Å². The minimum Gasteiger partial charge on any atom is -0.461 e. The summed E-state index contributed by atoms with van der Waals surface area (Å²) in [5.74, 6) is -0.0825. The van der Waals surface area contributed by atoms with Gasteiger partial charge in [-0.1, -0.05) is 32.3 Å². The van der Waals surface area contributed by atoms with Crippen molar-refractivity contribution in [2.45, 2.75) is 57.9 Å². The average Bonchev–Trinajstić information content (AvgIpc) is 2.55. The Morgan fingerprint density at radius 3 is 3.11 bits per heavy atom. The fraction of sp³-hybridized carbons (Fsp3) is 0.800. The van der Waals surface area contributed by atoms with E-state index in [0.717, 1.165) is 25.1 Å². The molecule has 3 nitrogen and oxygen atoms in total. The second kappa shape index (κ2) is 6.93. The topological polar surface area (TPSA) is 29.5 Å². The Bertz CT molecular complexity index is 312. The van der Waals surface area contributed by atoms with Gasteiger partial charge < -0.3 is 4.74 Å². The van der Waals surface area contributed by atoms with Gasteiger partial charge in [-0.3, -0.25) is 4.90 Å². The smallest absolute Gasteiger partial charge is 0.335 e. The number of carbonyl (C=O) groups excluding carboxylic acids is 1. The second-order valence-electron chi connectivity index (χ2n) is 5.44. The molecule has 0 saturated carbocycles. The number of esters is 1. The van der Waals surface area contributed by atoms with E-state index < -0.39 is 0 Å². The molecule has 0 aromatic rings. The first-order valence-corrected chi connectivity index (χ1v) is 7.41. The molecule has 0 spiro atoms. The van der Waals surface area contributed by atoms with Gasteiger partial charge in [-0.25, -0.2) is 4.79 Å². The van der Waals surface area contributed by atoms with Crippen LogP contribution in [0.5, 0.6) is 0 Å². The van der Waals surface area contributed by atoms with Crippen molar-refractivity contribution in [2.75, 3.05) is 19.7 Å². The Hall–Kier alpha value is -0.830. The van der Waals surface area contributed by atoms with E-state index in [1.165, 1.54) is 38.5 Å². The van der Waals surface area contributed by atoms with E-state index in [9.17, 15) is 4.79 Å². The van der Waals surface area contributed by atoms with Gasteiger partial charge in [0.2, 0.25) is 0 Å². The van der Waals surface area contributed by atoms with Gasteiger partial charge in [0.1, 0.15) is 6.61 Å². The molecule has 0 bridgehead atoms. The molecule has 0 aromatic heterocycles. The summed E-state index contributed by atoms with van der Waals surface area (Å²) in [6.45, 7) is 4.71. The Labute approximate surface area is 110 Å². The van der Waals surface area contributed by atoms with E-state index in [0.29, 0.717) is 12.6 Å². The number of nitrogens with zero attached hydrogens (tertiary/aromatic N) is 1. The van der Waals surface area contributed by atoms with E-state index >= 15 is 0 Å². The van der Waals surface area contributed by atoms with Crippen molar-refractivity contribution in [1.82, 2.24) is 4.90 Å². The molecule has 1 unspecified atom stereocenters. The minimum atomic E-state index is -0.0825. The van der Waals surface area contributed by atoms with Gasteiger partial charge in [0.15, 0.2) is 0 Å². The lowest BCUT2D eigenvalue weighted by Gasteiger charge is -2.32. The number of ether oxygens (including phenoxy) is 1. The largest absolute Gasteiger partial charge is 0.461 e. The molecule has 2 aliphatic heterocycles. The third-order valence-corrected chi connectivity index (χ3v) is 3.99. The highest BCUT2D eigenvalue weighted by molar-refractivity contribution is 5.89. The number of hydrogen-bond donors (Lipinski definition) is 0. The first-order valence-electron chi connectivity index (χ1n) is 7.41. The fourth-order valence-electron chi connectivity index (χ4n) is 2.82. The molecule has 2 fully saturated rings. The number of carbonyl (C=O) groups is 1. The summed E-state index contributed by atoms with van der Waals surface area (Å²) in [6, 6.07) is 0.462. The third kappa shape index (κ3) is 3.58. The maximum Gasteiger partial charge on any atom is 0.335 e. The monoisotopic (exact) mass is 251 g/mol. The number of allylic oxidation sites excluding steroid dienone is 1. The number of rotatable bonds is 4. The number of piperidine rings is 1. The van der Waals surface area contributed by atoms with E-state index in [-0.39, 0.29) is 5.97 Å². The Balaban J connectivity index is 1.93. The van der Waals surface area contributed by atoms with E-state index in [4.69, 9.17) is 4.74 Å². The Morgan fingerprint density at radius 1 is 1.39 bits per heavy atom. The molecule has 18 heavy (non-hydrogen) atoms. The summed E-state index contributed by atoms with van der Waals surface area (Å²) in [6.07, 6.45) is 10.5. The summed E-state index contributed by atoms with van der Waals surface area (Å²) in [7, 11) is 0. The van der Waals surface area contributed by atoms with Gasteiger partial charge in [-0.15, -0.1) is 0 Å². The second-order valence-corrected chi connectivity index (χ2v) is 5.44. The molecule has 2 aliphatic rings. The number of hydrogen-bond acceptors (Lipinski definition) is 3. The van der Waals surface area contributed by atoms with Gasteiger partial charge in [-0.2, -0.15) is 0 Å². The Morgan fingerprint density at radius 2 is 2.28 bits per heavy atom. The van der Waals surface area contributed by atoms with E-state index in [1.807, 2.05) is 0 Å². The zero-order valence-electron chi connectivity index (χ0n) is 11.5. The molecule has 2 heterocycles. The van der Waals surface area contributed by atoms with Crippen molar-refractivity contribution in [3.8, 4) is 0 Å². The average molecular weight is 251 g/mol. The molecule has 102 valence electrons. The Kier molecular flexibility index (Phi) is 5.24. The summed E-state index contributed by atoms with van der Waals surface area (Å²) < 4.78 is 5.39. The first kappa shape index (κ1) is 13.6. The molecule has 2 saturated heterocycles. The first-order chi connectivity index (χ1) is 8.81. The van der Waals surface area contributed by atoms with Crippen LogP contribution in [0.1, 0.15) is 51.9 Å². The number of fused-ring (bicyclic) bond motifs is 1. The highest BCUT2D eigenvalue weighted by Gasteiger charge is 2.29. The summed E-state index contributed by atoms with van der Waals surface area (Å²) in [5.41, 5.74) is 0.885. The van der Waals surface area contributed by atoms with Gasteiger partial charge in [0.25, 0.3) is 0 Å². The van der Waals surface area contributed by atoms with Gasteiger partial charge in [0, 0.05) is 18.2 Å². The molecule has 1 atom stereocenters. The number of cyclic esters (lactones) is 1. The van der Waals surface area contributed by atoms with Crippen LogP contribution >= 0.6 is 0 Å². The highest BCUT2D eigenvalue weighted by Crippen LogP contribution is 2.22. The maximum absolute atomic E-state index is 11.9. The van der Waals surface area contributed by atoms with Crippen molar-refractivity contribution in [3.05, 3.63) is 11.6 Å². The van der Waals surface area contributed by atoms with Crippen molar-refractivity contribution in [1.29, 1.82) is 0 Å². The van der Waals surface area contributed by atoms with Crippen molar-refractivity contribution >= 4 is 5.97 Å². The molecule has 0 amide bonds. The predicted molar refractivity (Wildman–Crippen MR) is 72.4 cm³/mol. The van der Waals surface area contributed by atoms with Gasteiger partial charge in [-0.05, 0) is 32.2 Å². The number of unbranched alkanes of at least 4 members (excludes halogenated alkanes) is 3. The summed E-state index contributed by atoms with van der Waals surface area (Å²) in [4.78, 5) is 14.3. The zero-order valence-corrected chi connectivity index (χ0v) is 11.5. The lowest BCUT2D eigenvalue weighted by atomic mass is 10.0. The lowest BCUT2D eigenvalue weighted by molar-refractivity contribution is -0.139. The zero-order chi connectivity index (χ0) is 12.8. The molecule has 0 aromatic carbocycles. The van der Waals surface area contributed by atoms with E-state index in [2.05, 4.69) is 17.9 Å². The van der Waals surface area contributed by atoms with Crippen LogP contribution in [0.25, 0.3) is 0 Å². The maximum atomic E-state index is 11.9. The van der Waals surface area contributed by atoms with Crippen molar-refractivity contribution < 1.29 is 9.53 Å². The summed E-state index contributed by atoms with van der Waals surface area (Å²) in [5, 5.41) is 0. The molecular formula is C15H25NO2. The predicted octanol–water partition coefficient (Wildman–Crippen LogP) is 2.90. The molecule has 3 heteroatoms. The van der Waals surface area contributed by atoms with Crippen LogP contribution in [-0.2, 0) is 9.53 Å². The minimum absolute atomic E-state index is 0.0825. The standard InChI is InChI=1S/C15H25NO2/c1-2-3-4-5-8-13-11-16-10-7-6-9-14(16)12-18-15(13)17/h8,14H,2-7,9-12H2,1H3/b13-8-. The van der Waals surface area contributed by atoms with Crippen molar-refractivity contribution in [3.63, 3.8) is 0 Å². The van der Waals surface area contributed by atoms with Crippen LogP contribution in [0.2, 0.25) is 0 Å². The van der Waals surface area contributed by atoms with Crippen LogP contribution in [-0.4, -0.2) is 36.6 Å². The molecule has 2 rings (SSSR count). The van der Waals surface area contributed by atoms with Gasteiger partial charge >= 0.3 is 5.97 Å². The van der Waals surface area contributed by atoms with Crippen LogP contribution in [0.15, 0.2) is 11.6 Å². The van der Waals surface area contributed by atoms with Crippen LogP contribution in [0.3, 0.4) is 0 Å². The highest BCUT2D eigenvalue weighted by atomic mass is 16.5. The molecule has 0 aliphatic carbocycles. The van der Waals surface area contributed by atoms with Crippen LogP contribution < -0.4 is 0 Å². The van der Waals surface area contributed by atoms with Crippen molar-refractivity contribution in [2.24, 2.45) is 0 Å². The molecular weight excluding hydrogens is 226 g/mol. The molecule has 0 N–H and O–H groups in total. The van der Waals surface area contributed by atoms with Crippen LogP contribution in [0.4, 0.5) is 0 Å². The van der Waals surface area contributed by atoms with E-state index in [1.54, 1.807) is 0 Å². The SMILES string of the molecule is CCCCC/C=C1/CN2CCCCC2COC1=O. The quantitative estimate of drug-likeness (QED) is 0.437. The normalized spacial score (nSPS) is 27.7. The molecule has 0 radical (unpaired) electrons.